The van der Waals surface area contributed by atoms with Gasteiger partial charge in [0.05, 0.1) is 0 Å². The molecule has 0 aliphatic heterocycles. The molecule has 6 heterocycles. The van der Waals surface area contributed by atoms with Crippen LogP contribution in [0, 0.1) is 0 Å². The van der Waals surface area contributed by atoms with Crippen molar-refractivity contribution < 1.29 is 0 Å². The largest absolute Gasteiger partial charge is 0.224 e. The molecule has 24 nitrogen and oxygen atoms in total. The molecule has 1 aromatic carbocycles. The molecule has 3 aliphatic carbocycles. The first-order valence-electron chi connectivity index (χ1n) is 18.8. The second-order valence-electron chi connectivity index (χ2n) is 14.4. The van der Waals surface area contributed by atoms with Gasteiger partial charge in [-0.15, -0.1) is 30.6 Å². The molecule has 0 N–H and O–H groups in total. The van der Waals surface area contributed by atoms with Gasteiger partial charge in [-0.05, 0) is 134 Å². The van der Waals surface area contributed by atoms with Gasteiger partial charge in [-0.1, -0.05) is 70.6 Å². The van der Waals surface area contributed by atoms with Crippen molar-refractivity contribution in [2.45, 2.75) is 101 Å². The van der Waals surface area contributed by atoms with E-state index in [1.807, 2.05) is 42.3 Å². The van der Waals surface area contributed by atoms with Gasteiger partial charge in [-0.2, -0.15) is 0 Å². The van der Waals surface area contributed by atoms with E-state index in [1.54, 1.807) is 98.7 Å². The summed E-state index contributed by atoms with van der Waals surface area (Å²) >= 11 is 10.3. The number of aromatic nitrogens is 24. The monoisotopic (exact) mass is 924 g/mol. The van der Waals surface area contributed by atoms with Gasteiger partial charge in [0, 0.05) is 73.8 Å². The summed E-state index contributed by atoms with van der Waals surface area (Å²) in [6, 6.07) is 0. The van der Waals surface area contributed by atoms with E-state index in [-0.39, 0.29) is 31.5 Å². The van der Waals surface area contributed by atoms with Gasteiger partial charge < -0.3 is 0 Å². The van der Waals surface area contributed by atoms with Crippen LogP contribution in [0.4, 0.5) is 0 Å². The SMILES string of the molecule is Cn1nnnc1S[C@H]1CC[C@H](Sc2nnnn2C)c2c1c1c(c3c2[C@@H](Sc2nnnn2C)CC[C@@H]3Sc2nnnn2C)[C@@H](Sc2nnnn2C)CC[C@@H]1Sc1nnnn1C. The molecule has 60 heavy (non-hydrogen) atoms. The van der Waals surface area contributed by atoms with Crippen molar-refractivity contribution in [1.82, 2.24) is 121 Å². The smallest absolute Gasteiger partial charge is 0.209 e. The molecule has 7 aromatic rings. The second kappa shape index (κ2) is 16.5. The van der Waals surface area contributed by atoms with Crippen LogP contribution in [0.3, 0.4) is 0 Å². The third-order valence-electron chi connectivity index (χ3n) is 10.7. The molecule has 10 rings (SSSR count). The Morgan fingerprint density at radius 1 is 0.283 bits per heavy atom. The third kappa shape index (κ3) is 7.34. The lowest BCUT2D eigenvalue weighted by Crippen LogP contribution is -2.28. The lowest BCUT2D eigenvalue weighted by molar-refractivity contribution is 0.570. The number of benzene rings is 1. The summed E-state index contributed by atoms with van der Waals surface area (Å²) in [4.78, 5) is 0. The first-order valence-corrected chi connectivity index (χ1v) is 24.1. The van der Waals surface area contributed by atoms with Crippen molar-refractivity contribution in [1.29, 1.82) is 0 Å². The molecule has 3 aliphatic rings. The number of hydrogen-bond donors (Lipinski definition) is 0. The summed E-state index contributed by atoms with van der Waals surface area (Å²) in [6.07, 6.45) is 5.17. The number of tetrazole rings is 6. The highest BCUT2D eigenvalue weighted by atomic mass is 32.2. The summed E-state index contributed by atoms with van der Waals surface area (Å²) in [5, 5.41) is 81.0. The van der Waals surface area contributed by atoms with Gasteiger partial charge >= 0.3 is 0 Å². The maximum atomic E-state index is 4.49. The fraction of sp³-hybridized carbons (Fsp3) is 0.600. The molecule has 312 valence electrons. The maximum absolute atomic E-state index is 4.49. The maximum Gasteiger partial charge on any atom is 0.209 e. The van der Waals surface area contributed by atoms with Crippen molar-refractivity contribution in [3.05, 3.63) is 33.4 Å². The Kier molecular flexibility index (Phi) is 11.0. The number of thioether (sulfide) groups is 6. The van der Waals surface area contributed by atoms with E-state index in [0.29, 0.717) is 0 Å². The Balaban J connectivity index is 1.29. The normalized spacial score (nSPS) is 22.5. The van der Waals surface area contributed by atoms with Crippen molar-refractivity contribution in [2.75, 3.05) is 0 Å². The van der Waals surface area contributed by atoms with Crippen LogP contribution in [0.25, 0.3) is 0 Å². The summed E-state index contributed by atoms with van der Waals surface area (Å²) in [5.41, 5.74) is 7.74. The van der Waals surface area contributed by atoms with E-state index in [1.165, 1.54) is 33.4 Å². The highest BCUT2D eigenvalue weighted by molar-refractivity contribution is 8.01. The number of fused-ring (bicyclic) bond motifs is 6. The predicted molar refractivity (Wildman–Crippen MR) is 219 cm³/mol. The van der Waals surface area contributed by atoms with Crippen LogP contribution >= 0.6 is 70.6 Å². The van der Waals surface area contributed by atoms with E-state index < -0.39 is 0 Å². The Bertz CT molecular complexity index is 2170. The second-order valence-corrected chi connectivity index (χ2v) is 21.4. The molecular weight excluding hydrogens is 889 g/mol. The summed E-state index contributed by atoms with van der Waals surface area (Å²) < 4.78 is 10.5. The first-order chi connectivity index (χ1) is 29.2. The minimum Gasteiger partial charge on any atom is -0.224 e. The Hall–Kier alpha value is -4.26. The molecule has 0 spiro atoms. The summed E-state index contributed by atoms with van der Waals surface area (Å²) in [5.74, 6) is 0. The van der Waals surface area contributed by atoms with E-state index in [2.05, 4.69) is 93.2 Å². The fourth-order valence-corrected chi connectivity index (χ4v) is 15.0. The topological polar surface area (TPSA) is 262 Å². The standard InChI is InChI=1S/C30H36N24S6/c1-49-25(31-37-43-49)55-13-7-8-14(56-26-32-38-44-50(26)2)20-19(13)21-15(57-27-33-39-45-51(27)3)9-10-16(58-28-34-40-46-52(28)4)23(21)24-18(60-30-36-42-48-54(30)6)12-11-17(22(20)24)59-29-35-41-47-53(29)5/h13-18H,7-12H2,1-6H3/t13-,14-,15-,16-,17-,18-/m0/s1. The van der Waals surface area contributed by atoms with Crippen LogP contribution in [0.5, 0.6) is 0 Å². The van der Waals surface area contributed by atoms with Crippen molar-refractivity contribution in [2.24, 2.45) is 42.3 Å². The minimum atomic E-state index is -0.00250. The summed E-state index contributed by atoms with van der Waals surface area (Å²) in [7, 11) is 11.3. The van der Waals surface area contributed by atoms with E-state index >= 15 is 0 Å². The quantitative estimate of drug-likeness (QED) is 0.170. The molecule has 6 aromatic heterocycles. The van der Waals surface area contributed by atoms with Gasteiger partial charge in [-0.3, -0.25) is 0 Å². The van der Waals surface area contributed by atoms with Crippen LogP contribution < -0.4 is 0 Å². The highest BCUT2D eigenvalue weighted by Gasteiger charge is 2.47. The fourth-order valence-electron chi connectivity index (χ4n) is 8.12. The Morgan fingerprint density at radius 2 is 0.433 bits per heavy atom. The molecule has 0 fully saturated rings. The molecule has 6 atom stereocenters. The first kappa shape index (κ1) is 39.9. The average Bonchev–Trinajstić information content (AvgIpc) is 4.13. The van der Waals surface area contributed by atoms with Crippen molar-refractivity contribution in [3.8, 4) is 0 Å². The Morgan fingerprint density at radius 3 is 0.550 bits per heavy atom. The molecule has 0 saturated carbocycles. The third-order valence-corrected chi connectivity index (χ3v) is 18.6. The van der Waals surface area contributed by atoms with Gasteiger partial charge in [0.25, 0.3) is 0 Å². The van der Waals surface area contributed by atoms with Gasteiger partial charge in [0.15, 0.2) is 0 Å². The van der Waals surface area contributed by atoms with E-state index in [9.17, 15) is 0 Å². The number of hydrogen-bond acceptors (Lipinski definition) is 24. The van der Waals surface area contributed by atoms with Crippen molar-refractivity contribution >= 4 is 70.6 Å². The number of nitrogens with zero attached hydrogens (tertiary/aromatic N) is 24. The highest BCUT2D eigenvalue weighted by Crippen LogP contribution is 2.66. The van der Waals surface area contributed by atoms with E-state index in [0.717, 1.165) is 69.5 Å². The zero-order valence-corrected chi connectivity index (χ0v) is 37.8. The van der Waals surface area contributed by atoms with Gasteiger partial charge in [0.2, 0.25) is 30.9 Å². The molecule has 0 bridgehead atoms. The van der Waals surface area contributed by atoms with Crippen LogP contribution in [-0.2, 0) is 42.3 Å². The minimum absolute atomic E-state index is 0.00250. The van der Waals surface area contributed by atoms with Gasteiger partial charge in [0.1, 0.15) is 0 Å². The lowest BCUT2D eigenvalue weighted by Gasteiger charge is -2.45. The molecule has 0 unspecified atom stereocenters. The Labute approximate surface area is 366 Å². The molecular formula is C30H36N24S6. The average molecular weight is 925 g/mol. The zero-order valence-electron chi connectivity index (χ0n) is 32.9. The lowest BCUT2D eigenvalue weighted by atomic mass is 9.71. The number of rotatable bonds is 12. The molecule has 0 saturated heterocycles. The summed E-state index contributed by atoms with van der Waals surface area (Å²) in [6.45, 7) is 0. The van der Waals surface area contributed by atoms with Crippen LogP contribution in [0.2, 0.25) is 0 Å². The molecule has 0 radical (unpaired) electrons. The zero-order chi connectivity index (χ0) is 41.1. The van der Waals surface area contributed by atoms with Crippen molar-refractivity contribution in [3.63, 3.8) is 0 Å². The van der Waals surface area contributed by atoms with Crippen LogP contribution in [0.1, 0.15) is 103 Å². The van der Waals surface area contributed by atoms with Crippen LogP contribution in [0.15, 0.2) is 30.9 Å². The van der Waals surface area contributed by atoms with Crippen LogP contribution in [-0.4, -0.2) is 121 Å². The van der Waals surface area contributed by atoms with E-state index in [4.69, 9.17) is 0 Å². The predicted octanol–water partition coefficient (Wildman–Crippen LogP) is 3.21. The molecule has 30 heteroatoms. The molecule has 0 amide bonds. The number of aryl methyl sites for hydroxylation is 6. The van der Waals surface area contributed by atoms with Gasteiger partial charge in [-0.25, -0.2) is 28.1 Å².